The fourth-order valence-corrected chi connectivity index (χ4v) is 1.16. The van der Waals surface area contributed by atoms with Crippen molar-refractivity contribution in [1.82, 2.24) is 0 Å². The first-order valence-corrected chi connectivity index (χ1v) is 4.20. The van der Waals surface area contributed by atoms with E-state index in [-0.39, 0.29) is 0 Å². The van der Waals surface area contributed by atoms with Crippen molar-refractivity contribution in [2.45, 2.75) is 20.3 Å². The Hall–Kier alpha value is -1.05. The van der Waals surface area contributed by atoms with Crippen molar-refractivity contribution in [3.63, 3.8) is 0 Å². The summed E-state index contributed by atoms with van der Waals surface area (Å²) in [5.41, 5.74) is 0.995. The molecule has 1 aliphatic heterocycles. The average Bonchev–Trinajstić information content (AvgIpc) is 2.05. The van der Waals surface area contributed by atoms with Gasteiger partial charge in [0.25, 0.3) is 0 Å². The molecule has 0 N–H and O–H groups in total. The SMILES string of the molecule is COC1=NC(C)=CC=CC[C@@H]1C. The molecule has 0 spiro atoms. The molecule has 1 aliphatic rings. The highest BCUT2D eigenvalue weighted by Gasteiger charge is 2.10. The molecule has 0 aliphatic carbocycles. The zero-order valence-electron chi connectivity index (χ0n) is 7.87. The molecule has 2 heteroatoms. The molecule has 0 saturated carbocycles. The van der Waals surface area contributed by atoms with Crippen molar-refractivity contribution in [2.75, 3.05) is 7.11 Å². The van der Waals surface area contributed by atoms with E-state index in [9.17, 15) is 0 Å². The molecule has 0 radical (unpaired) electrons. The maximum Gasteiger partial charge on any atom is 0.191 e. The topological polar surface area (TPSA) is 21.6 Å². The number of hydrogen-bond acceptors (Lipinski definition) is 2. The standard InChI is InChI=1S/C10H15NO/c1-8-6-4-5-7-9(2)11-10(8)12-3/h4-5,7-8H,6H2,1-3H3/t8-/m0/s1. The predicted octanol–water partition coefficient (Wildman–Crippen LogP) is 2.53. The minimum absolute atomic E-state index is 0.384. The van der Waals surface area contributed by atoms with Crippen LogP contribution in [0.5, 0.6) is 0 Å². The largest absolute Gasteiger partial charge is 0.484 e. The van der Waals surface area contributed by atoms with Gasteiger partial charge in [0.05, 0.1) is 7.11 Å². The van der Waals surface area contributed by atoms with Crippen molar-refractivity contribution in [2.24, 2.45) is 10.9 Å². The highest BCUT2D eigenvalue weighted by Crippen LogP contribution is 2.12. The van der Waals surface area contributed by atoms with E-state index in [4.69, 9.17) is 4.74 Å². The maximum absolute atomic E-state index is 5.18. The predicted molar refractivity (Wildman–Crippen MR) is 51.1 cm³/mol. The van der Waals surface area contributed by atoms with E-state index in [1.807, 2.05) is 19.1 Å². The number of methoxy groups -OCH3 is 1. The van der Waals surface area contributed by atoms with Crippen LogP contribution in [0.3, 0.4) is 0 Å². The normalized spacial score (nSPS) is 23.8. The van der Waals surface area contributed by atoms with Crippen molar-refractivity contribution >= 4 is 5.90 Å². The first-order valence-electron chi connectivity index (χ1n) is 4.20. The molecule has 1 heterocycles. The minimum Gasteiger partial charge on any atom is -0.484 e. The van der Waals surface area contributed by atoms with Crippen LogP contribution in [-0.2, 0) is 4.74 Å². The lowest BCUT2D eigenvalue weighted by atomic mass is 10.1. The Kier molecular flexibility index (Phi) is 3.09. The van der Waals surface area contributed by atoms with Gasteiger partial charge in [-0.15, -0.1) is 0 Å². The van der Waals surface area contributed by atoms with E-state index in [0.29, 0.717) is 5.92 Å². The van der Waals surface area contributed by atoms with Gasteiger partial charge in [0, 0.05) is 11.6 Å². The molecule has 0 bridgehead atoms. The van der Waals surface area contributed by atoms with Gasteiger partial charge >= 0.3 is 0 Å². The van der Waals surface area contributed by atoms with Gasteiger partial charge in [-0.3, -0.25) is 0 Å². The Morgan fingerprint density at radius 2 is 2.33 bits per heavy atom. The lowest BCUT2D eigenvalue weighted by molar-refractivity contribution is 0.369. The van der Waals surface area contributed by atoms with Gasteiger partial charge in [-0.05, 0) is 19.4 Å². The van der Waals surface area contributed by atoms with Gasteiger partial charge in [0.1, 0.15) is 0 Å². The summed E-state index contributed by atoms with van der Waals surface area (Å²) in [6.45, 7) is 4.09. The Labute approximate surface area is 73.6 Å². The quantitative estimate of drug-likeness (QED) is 0.540. The zero-order chi connectivity index (χ0) is 8.97. The summed E-state index contributed by atoms with van der Waals surface area (Å²) in [5, 5.41) is 0. The third kappa shape index (κ3) is 2.22. The van der Waals surface area contributed by atoms with Crippen LogP contribution in [0.1, 0.15) is 20.3 Å². The van der Waals surface area contributed by atoms with Gasteiger partial charge in [-0.1, -0.05) is 19.1 Å². The highest BCUT2D eigenvalue weighted by molar-refractivity contribution is 5.79. The van der Waals surface area contributed by atoms with Crippen LogP contribution in [0.25, 0.3) is 0 Å². The summed E-state index contributed by atoms with van der Waals surface area (Å²) in [4.78, 5) is 4.34. The van der Waals surface area contributed by atoms with Gasteiger partial charge in [0.2, 0.25) is 0 Å². The molecule has 1 atom stereocenters. The molecule has 0 unspecified atom stereocenters. The van der Waals surface area contributed by atoms with E-state index in [1.54, 1.807) is 7.11 Å². The summed E-state index contributed by atoms with van der Waals surface area (Å²) in [5.74, 6) is 1.21. The van der Waals surface area contributed by atoms with E-state index >= 15 is 0 Å². The lowest BCUT2D eigenvalue weighted by Gasteiger charge is -2.12. The molecule has 0 aromatic rings. The van der Waals surface area contributed by atoms with Crippen LogP contribution >= 0.6 is 0 Å². The lowest BCUT2D eigenvalue weighted by Crippen LogP contribution is -2.13. The number of nitrogens with zero attached hydrogens (tertiary/aromatic N) is 1. The Morgan fingerprint density at radius 1 is 1.58 bits per heavy atom. The second kappa shape index (κ2) is 4.10. The molecule has 66 valence electrons. The van der Waals surface area contributed by atoms with Gasteiger partial charge in [0.15, 0.2) is 5.90 Å². The Balaban J connectivity index is 2.88. The van der Waals surface area contributed by atoms with Gasteiger partial charge in [-0.2, -0.15) is 0 Å². The van der Waals surface area contributed by atoms with Crippen LogP contribution in [0, 0.1) is 5.92 Å². The Bertz CT molecular complexity index is 238. The third-order valence-electron chi connectivity index (χ3n) is 1.88. The molecular weight excluding hydrogens is 150 g/mol. The number of allylic oxidation sites excluding steroid dienone is 4. The summed E-state index contributed by atoms with van der Waals surface area (Å²) < 4.78 is 5.18. The van der Waals surface area contributed by atoms with E-state index in [1.165, 1.54) is 0 Å². The molecule has 0 aromatic carbocycles. The third-order valence-corrected chi connectivity index (χ3v) is 1.88. The van der Waals surface area contributed by atoms with Crippen molar-refractivity contribution in [1.29, 1.82) is 0 Å². The van der Waals surface area contributed by atoms with Gasteiger partial charge < -0.3 is 4.74 Å². The molecule has 0 aromatic heterocycles. The molecule has 0 fully saturated rings. The first kappa shape index (κ1) is 9.04. The Morgan fingerprint density at radius 3 is 3.00 bits per heavy atom. The number of ether oxygens (including phenoxy) is 1. The summed E-state index contributed by atoms with van der Waals surface area (Å²) in [6.07, 6.45) is 7.17. The average molecular weight is 165 g/mol. The van der Waals surface area contributed by atoms with E-state index in [0.717, 1.165) is 18.0 Å². The van der Waals surface area contributed by atoms with Crippen LogP contribution < -0.4 is 0 Å². The van der Waals surface area contributed by atoms with E-state index < -0.39 is 0 Å². The second-order valence-electron chi connectivity index (χ2n) is 3.03. The minimum atomic E-state index is 0.384. The number of hydrogen-bond donors (Lipinski definition) is 0. The smallest absolute Gasteiger partial charge is 0.191 e. The highest BCUT2D eigenvalue weighted by atomic mass is 16.5. The van der Waals surface area contributed by atoms with Crippen LogP contribution in [-0.4, -0.2) is 13.0 Å². The molecule has 12 heavy (non-hydrogen) atoms. The van der Waals surface area contributed by atoms with Crippen molar-refractivity contribution in [3.05, 3.63) is 23.9 Å². The fraction of sp³-hybridized carbons (Fsp3) is 0.500. The van der Waals surface area contributed by atoms with Crippen molar-refractivity contribution < 1.29 is 4.74 Å². The van der Waals surface area contributed by atoms with E-state index in [2.05, 4.69) is 18.0 Å². The number of aliphatic imine (C=N–C) groups is 1. The number of rotatable bonds is 0. The first-order chi connectivity index (χ1) is 5.74. The summed E-state index contributed by atoms with van der Waals surface area (Å²) in [7, 11) is 1.67. The van der Waals surface area contributed by atoms with Crippen LogP contribution in [0.15, 0.2) is 28.9 Å². The van der Waals surface area contributed by atoms with Crippen LogP contribution in [0.4, 0.5) is 0 Å². The summed E-state index contributed by atoms with van der Waals surface area (Å²) >= 11 is 0. The monoisotopic (exact) mass is 165 g/mol. The van der Waals surface area contributed by atoms with Gasteiger partial charge in [-0.25, -0.2) is 4.99 Å². The fourth-order valence-electron chi connectivity index (χ4n) is 1.16. The molecule has 1 rings (SSSR count). The van der Waals surface area contributed by atoms with Crippen molar-refractivity contribution in [3.8, 4) is 0 Å². The second-order valence-corrected chi connectivity index (χ2v) is 3.03. The maximum atomic E-state index is 5.18. The van der Waals surface area contributed by atoms with Crippen LogP contribution in [0.2, 0.25) is 0 Å². The molecular formula is C10H15NO. The zero-order valence-corrected chi connectivity index (χ0v) is 7.87. The summed E-state index contributed by atoms with van der Waals surface area (Å²) in [6, 6.07) is 0. The molecule has 2 nitrogen and oxygen atoms in total. The molecule has 0 saturated heterocycles. The molecule has 0 amide bonds.